The Kier molecular flexibility index (Phi) is 12.0. The number of carboxylic acid groups (broad SMARTS) is 1. The summed E-state index contributed by atoms with van der Waals surface area (Å²) in [7, 11) is 0. The van der Waals surface area contributed by atoms with E-state index in [1.54, 1.807) is 17.0 Å². The van der Waals surface area contributed by atoms with Gasteiger partial charge in [-0.3, -0.25) is 4.79 Å². The van der Waals surface area contributed by atoms with E-state index in [2.05, 4.69) is 10.2 Å². The van der Waals surface area contributed by atoms with E-state index in [-0.39, 0.29) is 42.3 Å². The number of carbonyl (C=O) groups excluding carboxylic acids is 1. The topological polar surface area (TPSA) is 82.1 Å². The zero-order valence-corrected chi connectivity index (χ0v) is 26.8. The van der Waals surface area contributed by atoms with E-state index in [1.165, 1.54) is 18.6 Å². The van der Waals surface area contributed by atoms with Gasteiger partial charge in [0.2, 0.25) is 0 Å². The summed E-state index contributed by atoms with van der Waals surface area (Å²) in [6, 6.07) is 9.80. The normalized spacial score (nSPS) is 23.7. The van der Waals surface area contributed by atoms with Gasteiger partial charge < -0.3 is 25.0 Å². The molecule has 1 aliphatic heterocycles. The fraction of sp³-hybridized carbons (Fsp3) is 0.611. The molecule has 0 aromatic heterocycles. The maximum absolute atomic E-state index is 14.3. The van der Waals surface area contributed by atoms with Crippen LogP contribution < -0.4 is 5.32 Å². The van der Waals surface area contributed by atoms with Crippen molar-refractivity contribution in [2.45, 2.75) is 102 Å². The van der Waals surface area contributed by atoms with Crippen molar-refractivity contribution in [3.63, 3.8) is 0 Å². The molecule has 1 amide bonds. The second-order valence-corrected chi connectivity index (χ2v) is 13.5. The molecule has 2 aromatic rings. The second kappa shape index (κ2) is 16.1. The number of nitrogens with zero attached hydrogens (tertiary/aromatic N) is 2. The Morgan fingerprint density at radius 3 is 2.43 bits per heavy atom. The first-order valence-corrected chi connectivity index (χ1v) is 17.1. The summed E-state index contributed by atoms with van der Waals surface area (Å²) < 4.78 is 46.7. The Labute approximate surface area is 270 Å². The largest absolute Gasteiger partial charge is 0.480 e. The molecule has 252 valence electrons. The third-order valence-electron chi connectivity index (χ3n) is 10.3. The Morgan fingerprint density at radius 2 is 1.76 bits per heavy atom. The molecule has 5 rings (SSSR count). The predicted molar refractivity (Wildman–Crippen MR) is 170 cm³/mol. The first-order chi connectivity index (χ1) is 22.2. The van der Waals surface area contributed by atoms with Gasteiger partial charge in [0.1, 0.15) is 18.5 Å². The highest BCUT2D eigenvalue weighted by Crippen LogP contribution is 2.42. The lowest BCUT2D eigenvalue weighted by atomic mass is 9.83. The number of halogens is 3. The van der Waals surface area contributed by atoms with Gasteiger partial charge in [-0.1, -0.05) is 44.4 Å². The molecule has 0 radical (unpaired) electrons. The highest BCUT2D eigenvalue weighted by molar-refractivity contribution is 5.74. The van der Waals surface area contributed by atoms with Gasteiger partial charge in [-0.15, -0.1) is 0 Å². The molecule has 2 aliphatic carbocycles. The number of carbonyl (C=O) groups is 2. The molecule has 1 saturated heterocycles. The van der Waals surface area contributed by atoms with E-state index in [0.717, 1.165) is 95.1 Å². The summed E-state index contributed by atoms with van der Waals surface area (Å²) in [6.07, 6.45) is 8.68. The third-order valence-corrected chi connectivity index (χ3v) is 10.3. The van der Waals surface area contributed by atoms with Crippen LogP contribution >= 0.6 is 0 Å². The molecular formula is C36H48F3N3O4. The van der Waals surface area contributed by atoms with E-state index in [1.807, 2.05) is 13.0 Å². The number of amides is 1. The zero-order chi connectivity index (χ0) is 32.6. The molecule has 0 unspecified atom stereocenters. The Hall–Kier alpha value is -3.11. The van der Waals surface area contributed by atoms with Gasteiger partial charge >= 0.3 is 12.1 Å². The van der Waals surface area contributed by atoms with Gasteiger partial charge in [0.25, 0.3) is 0 Å². The first kappa shape index (κ1) is 34.2. The number of ether oxygens (including phenoxy) is 1. The van der Waals surface area contributed by atoms with Crippen molar-refractivity contribution < 1.29 is 32.6 Å². The molecular weight excluding hydrogens is 595 g/mol. The maximum atomic E-state index is 14.3. The minimum Gasteiger partial charge on any atom is -0.480 e. The van der Waals surface area contributed by atoms with Gasteiger partial charge in [0.05, 0.1) is 0 Å². The smallest absolute Gasteiger partial charge is 0.410 e. The van der Waals surface area contributed by atoms with E-state index in [9.17, 15) is 27.9 Å². The van der Waals surface area contributed by atoms with E-state index < -0.39 is 29.7 Å². The molecule has 0 spiro atoms. The average Bonchev–Trinajstić information content (AvgIpc) is 3.45. The van der Waals surface area contributed by atoms with Crippen LogP contribution in [0, 0.1) is 29.3 Å². The number of nitrogens with one attached hydrogen (secondary N) is 1. The average molecular weight is 644 g/mol. The maximum Gasteiger partial charge on any atom is 0.410 e. The number of benzene rings is 2. The highest BCUT2D eigenvalue weighted by Gasteiger charge is 2.40. The van der Waals surface area contributed by atoms with Crippen LogP contribution in [0.2, 0.25) is 0 Å². The summed E-state index contributed by atoms with van der Waals surface area (Å²) in [5.41, 5.74) is 1.36. The van der Waals surface area contributed by atoms with Gasteiger partial charge in [0, 0.05) is 38.3 Å². The van der Waals surface area contributed by atoms with Crippen LogP contribution in [0.4, 0.5) is 18.0 Å². The van der Waals surface area contributed by atoms with Crippen molar-refractivity contribution >= 4 is 12.1 Å². The number of likely N-dealkylation sites (tertiary alicyclic amines) is 1. The molecule has 4 atom stereocenters. The van der Waals surface area contributed by atoms with Crippen molar-refractivity contribution in [2.24, 2.45) is 11.8 Å². The van der Waals surface area contributed by atoms with E-state index in [4.69, 9.17) is 4.74 Å². The van der Waals surface area contributed by atoms with Crippen LogP contribution in [0.25, 0.3) is 0 Å². The lowest BCUT2D eigenvalue weighted by Crippen LogP contribution is -2.49. The number of hydrogen-bond acceptors (Lipinski definition) is 5. The lowest BCUT2D eigenvalue weighted by Gasteiger charge is -2.39. The number of hydrogen-bond donors (Lipinski definition) is 2. The van der Waals surface area contributed by atoms with Crippen molar-refractivity contribution in [1.29, 1.82) is 0 Å². The summed E-state index contributed by atoms with van der Waals surface area (Å²) in [5.74, 6) is -2.44. The Bertz CT molecular complexity index is 1320. The van der Waals surface area contributed by atoms with Crippen LogP contribution in [-0.2, 0) is 16.1 Å². The number of rotatable bonds is 12. The van der Waals surface area contributed by atoms with Crippen LogP contribution in [0.15, 0.2) is 42.5 Å². The molecule has 1 heterocycles. The Morgan fingerprint density at radius 1 is 1.00 bits per heavy atom. The summed E-state index contributed by atoms with van der Waals surface area (Å²) in [6.45, 7) is 4.84. The molecule has 46 heavy (non-hydrogen) atoms. The lowest BCUT2D eigenvalue weighted by molar-refractivity contribution is -0.141. The van der Waals surface area contributed by atoms with Crippen molar-refractivity contribution in [3.8, 4) is 0 Å². The minimum atomic E-state index is -0.971. The summed E-state index contributed by atoms with van der Waals surface area (Å²) in [5, 5.41) is 13.6. The molecule has 10 heteroatoms. The van der Waals surface area contributed by atoms with Crippen molar-refractivity contribution in [1.82, 2.24) is 15.1 Å². The SMILES string of the molecule is CCCN(C(=O)OCc1ccc(F)c(F)c1)C1CCN(C[C@H]2C[C@H](N[C@@H](C(=O)O)C3CCCCC3)C[C@@H]2c2cccc(F)c2)CC1. The van der Waals surface area contributed by atoms with E-state index >= 15 is 0 Å². The summed E-state index contributed by atoms with van der Waals surface area (Å²) >= 11 is 0. The predicted octanol–water partition coefficient (Wildman–Crippen LogP) is 7.10. The molecule has 2 N–H and O–H groups in total. The monoisotopic (exact) mass is 643 g/mol. The van der Waals surface area contributed by atoms with Gasteiger partial charge in [-0.25, -0.2) is 18.0 Å². The molecule has 2 saturated carbocycles. The molecule has 3 fully saturated rings. The van der Waals surface area contributed by atoms with Crippen LogP contribution in [0.5, 0.6) is 0 Å². The van der Waals surface area contributed by atoms with Crippen LogP contribution in [-0.4, -0.2) is 71.3 Å². The van der Waals surface area contributed by atoms with Crippen LogP contribution in [0.1, 0.15) is 88.2 Å². The minimum absolute atomic E-state index is 0.0116. The number of carboxylic acids is 1. The van der Waals surface area contributed by atoms with Gasteiger partial charge in [-0.2, -0.15) is 0 Å². The molecule has 0 bridgehead atoms. The van der Waals surface area contributed by atoms with Crippen LogP contribution in [0.3, 0.4) is 0 Å². The number of piperidine rings is 1. The second-order valence-electron chi connectivity index (χ2n) is 13.5. The van der Waals surface area contributed by atoms with Gasteiger partial charge in [-0.05, 0) is 98.1 Å². The molecule has 7 nitrogen and oxygen atoms in total. The fourth-order valence-corrected chi connectivity index (χ4v) is 8.01. The van der Waals surface area contributed by atoms with E-state index in [0.29, 0.717) is 12.1 Å². The zero-order valence-electron chi connectivity index (χ0n) is 26.8. The third kappa shape index (κ3) is 8.82. The molecule has 2 aromatic carbocycles. The first-order valence-electron chi connectivity index (χ1n) is 17.1. The van der Waals surface area contributed by atoms with Gasteiger partial charge in [0.15, 0.2) is 11.6 Å². The quantitative estimate of drug-likeness (QED) is 0.257. The standard InChI is InChI=1S/C36H48F3N3O4/c1-2-15-42(36(45)46-23-24-11-12-32(38)33(39)18-24)30-13-16-41(17-14-30)22-27-20-29(21-31(27)26-9-6-10-28(37)19-26)40-34(35(43)44)25-7-4-3-5-8-25/h6,9-12,18-19,25,27,29-31,34,40H,2-5,7-8,13-17,20-23H2,1H3,(H,43,44)/t27-,29+,31-,34-/m1/s1. The number of aliphatic carboxylic acids is 1. The molecule has 3 aliphatic rings. The van der Waals surface area contributed by atoms with Crippen molar-refractivity contribution in [2.75, 3.05) is 26.2 Å². The Balaban J connectivity index is 1.19. The van der Waals surface area contributed by atoms with Crippen molar-refractivity contribution in [3.05, 3.63) is 71.0 Å². The summed E-state index contributed by atoms with van der Waals surface area (Å²) in [4.78, 5) is 29.6. The highest BCUT2D eigenvalue weighted by atomic mass is 19.2. The fourth-order valence-electron chi connectivity index (χ4n) is 8.01.